The van der Waals surface area contributed by atoms with E-state index in [1.54, 1.807) is 47.4 Å². The zero-order chi connectivity index (χ0) is 33.0. The van der Waals surface area contributed by atoms with Crippen molar-refractivity contribution < 1.29 is 28.2 Å². The van der Waals surface area contributed by atoms with Crippen LogP contribution in [0.1, 0.15) is 68.7 Å². The minimum absolute atomic E-state index is 0.0404. The second-order valence-electron chi connectivity index (χ2n) is 12.9. The van der Waals surface area contributed by atoms with Crippen molar-refractivity contribution in [2.75, 3.05) is 18.4 Å². The molecule has 3 aromatic carbocycles. The Hall–Kier alpha value is -3.34. The average molecular weight is 733 g/mol. The summed E-state index contributed by atoms with van der Waals surface area (Å²) in [6.07, 6.45) is 0.157. The van der Waals surface area contributed by atoms with Crippen molar-refractivity contribution in [1.82, 2.24) is 10.2 Å². The Kier molecular flexibility index (Phi) is 8.76. The normalized spacial score (nSPS) is 23.2. The fraction of sp³-hybridized carbons (Fsp3) is 0.382. The number of hydrogen-bond donors (Lipinski definition) is 2. The molecule has 8 nitrogen and oxygen atoms in total. The Labute approximate surface area is 285 Å². The minimum atomic E-state index is -1.49. The average Bonchev–Trinajstić information content (AvgIpc) is 3.26. The molecular formula is C34H33BrCl2FN3O5. The lowest BCUT2D eigenvalue weighted by molar-refractivity contribution is -0.131. The number of piperidine rings is 2. The number of nitrogens with zero attached hydrogens (tertiary/aromatic N) is 1. The van der Waals surface area contributed by atoms with Gasteiger partial charge in [-0.25, -0.2) is 9.18 Å². The van der Waals surface area contributed by atoms with E-state index in [2.05, 4.69) is 26.6 Å². The summed E-state index contributed by atoms with van der Waals surface area (Å²) in [5, 5.41) is 6.80. The van der Waals surface area contributed by atoms with Crippen LogP contribution in [0.15, 0.2) is 59.1 Å². The highest BCUT2D eigenvalue weighted by molar-refractivity contribution is 9.10. The molecule has 3 atom stereocenters. The fourth-order valence-corrected chi connectivity index (χ4v) is 7.55. The second kappa shape index (κ2) is 12.4. The number of rotatable bonds is 4. The predicted molar refractivity (Wildman–Crippen MR) is 177 cm³/mol. The fourth-order valence-electron chi connectivity index (χ4n) is 6.83. The van der Waals surface area contributed by atoms with Gasteiger partial charge in [-0.05, 0) is 84.2 Å². The number of anilines is 1. The maximum absolute atomic E-state index is 16.5. The third-order valence-electron chi connectivity index (χ3n) is 8.77. The molecule has 0 aliphatic carbocycles. The van der Waals surface area contributed by atoms with Gasteiger partial charge in [-0.3, -0.25) is 9.59 Å². The van der Waals surface area contributed by atoms with Crippen molar-refractivity contribution in [3.63, 3.8) is 0 Å². The van der Waals surface area contributed by atoms with Crippen molar-refractivity contribution in [3.8, 4) is 5.75 Å². The maximum atomic E-state index is 16.5. The summed E-state index contributed by atoms with van der Waals surface area (Å²) < 4.78 is 28.7. The Morgan fingerprint density at radius 2 is 1.76 bits per heavy atom. The van der Waals surface area contributed by atoms with Crippen LogP contribution in [0, 0.1) is 5.82 Å². The van der Waals surface area contributed by atoms with E-state index >= 15 is 4.39 Å². The number of nitrogens with one attached hydrogen (secondary N) is 2. The first kappa shape index (κ1) is 32.6. The number of ether oxygens (including phenoxy) is 2. The molecule has 3 heterocycles. The number of carbonyl (C=O) groups is 3. The van der Waals surface area contributed by atoms with Gasteiger partial charge in [0.15, 0.2) is 0 Å². The second-order valence-corrected chi connectivity index (χ2v) is 14.6. The number of fused-ring (bicyclic) bond motifs is 2. The molecule has 3 amide bonds. The lowest BCUT2D eigenvalue weighted by Crippen LogP contribution is -2.57. The minimum Gasteiger partial charge on any atom is -0.490 e. The number of halogens is 4. The van der Waals surface area contributed by atoms with Crippen LogP contribution in [0.5, 0.6) is 5.75 Å². The predicted octanol–water partition coefficient (Wildman–Crippen LogP) is 7.91. The Balaban J connectivity index is 1.43. The highest BCUT2D eigenvalue weighted by Crippen LogP contribution is 2.59. The Morgan fingerprint density at radius 1 is 1.04 bits per heavy atom. The van der Waals surface area contributed by atoms with Gasteiger partial charge < -0.3 is 25.0 Å². The summed E-state index contributed by atoms with van der Waals surface area (Å²) in [6, 6.07) is 14.1. The molecule has 0 aromatic heterocycles. The van der Waals surface area contributed by atoms with E-state index < -0.39 is 40.8 Å². The molecule has 1 spiro atoms. The highest BCUT2D eigenvalue weighted by atomic mass is 79.9. The van der Waals surface area contributed by atoms with Crippen LogP contribution in [-0.4, -0.2) is 47.6 Å². The molecule has 12 heteroatoms. The first-order valence-electron chi connectivity index (χ1n) is 15.1. The van der Waals surface area contributed by atoms with E-state index in [4.69, 9.17) is 32.7 Å². The molecular weight excluding hydrogens is 700 g/mol. The third-order valence-corrected chi connectivity index (χ3v) is 9.85. The van der Waals surface area contributed by atoms with E-state index in [-0.39, 0.29) is 34.2 Å². The van der Waals surface area contributed by atoms with Gasteiger partial charge in [0.05, 0.1) is 16.1 Å². The zero-order valence-electron chi connectivity index (χ0n) is 25.5. The van der Waals surface area contributed by atoms with E-state index in [1.807, 2.05) is 26.8 Å². The molecule has 1 unspecified atom stereocenters. The quantitative estimate of drug-likeness (QED) is 0.284. The van der Waals surface area contributed by atoms with Gasteiger partial charge in [-0.2, -0.15) is 0 Å². The van der Waals surface area contributed by atoms with Gasteiger partial charge in [-0.1, -0.05) is 41.4 Å². The standard InChI is InChI=1S/C34H33BrCl2FN3O5/c1-33(2,3)46-32(44)41-13-11-21(12-14-41)45-26-10-9-24(35)29(38)28(26)30-34(22-8-7-20(37)16-25(22)39-31(34)43)23(17-27(42)40-30)18-5-4-6-19(36)15-18/h4-10,15-16,21,23,30H,11-14,17H2,1-3H3,(H,39,43)(H,40,42)/t23-,30+,34?/m0/s1. The summed E-state index contributed by atoms with van der Waals surface area (Å²) in [6.45, 7) is 6.23. The number of benzene rings is 3. The molecule has 3 aliphatic heterocycles. The van der Waals surface area contributed by atoms with Gasteiger partial charge in [0.2, 0.25) is 11.8 Å². The van der Waals surface area contributed by atoms with Crippen molar-refractivity contribution in [1.29, 1.82) is 0 Å². The molecule has 242 valence electrons. The zero-order valence-corrected chi connectivity index (χ0v) is 28.6. The van der Waals surface area contributed by atoms with Gasteiger partial charge in [0, 0.05) is 54.0 Å². The van der Waals surface area contributed by atoms with Gasteiger partial charge in [0.25, 0.3) is 0 Å². The molecule has 0 saturated carbocycles. The highest BCUT2D eigenvalue weighted by Gasteiger charge is 2.62. The third kappa shape index (κ3) is 5.95. The summed E-state index contributed by atoms with van der Waals surface area (Å²) in [5.41, 5.74) is -0.336. The molecule has 3 aromatic rings. The first-order valence-corrected chi connectivity index (χ1v) is 16.6. The molecule has 2 saturated heterocycles. The van der Waals surface area contributed by atoms with Crippen LogP contribution < -0.4 is 15.4 Å². The lowest BCUT2D eigenvalue weighted by Gasteiger charge is -2.47. The van der Waals surface area contributed by atoms with Crippen molar-refractivity contribution in [2.24, 2.45) is 0 Å². The van der Waals surface area contributed by atoms with Crippen molar-refractivity contribution >= 4 is 62.7 Å². The molecule has 0 radical (unpaired) electrons. The van der Waals surface area contributed by atoms with E-state index in [0.29, 0.717) is 52.8 Å². The van der Waals surface area contributed by atoms with Gasteiger partial charge in [-0.15, -0.1) is 0 Å². The van der Waals surface area contributed by atoms with Gasteiger partial charge in [0.1, 0.15) is 28.7 Å². The van der Waals surface area contributed by atoms with Crippen LogP contribution in [0.25, 0.3) is 0 Å². The SMILES string of the molecule is CC(C)(C)OC(=O)N1CCC(Oc2ccc(Br)c(F)c2[C@H]2NC(=O)C[C@@H](c3cccc(Cl)c3)C23C(=O)Nc2cc(Cl)ccc23)CC1. The van der Waals surface area contributed by atoms with E-state index in [1.165, 1.54) is 6.07 Å². The number of carbonyl (C=O) groups excluding carboxylic acids is 3. The maximum Gasteiger partial charge on any atom is 0.410 e. The Morgan fingerprint density at radius 3 is 2.46 bits per heavy atom. The molecule has 6 rings (SSSR count). The largest absolute Gasteiger partial charge is 0.490 e. The lowest BCUT2D eigenvalue weighted by atomic mass is 9.59. The smallest absolute Gasteiger partial charge is 0.410 e. The topological polar surface area (TPSA) is 97.0 Å². The van der Waals surface area contributed by atoms with Crippen molar-refractivity contribution in [3.05, 3.63) is 91.6 Å². The monoisotopic (exact) mass is 731 g/mol. The Bertz CT molecular complexity index is 1730. The molecule has 46 heavy (non-hydrogen) atoms. The summed E-state index contributed by atoms with van der Waals surface area (Å²) in [5.74, 6) is -1.93. The van der Waals surface area contributed by atoms with Crippen LogP contribution in [0.4, 0.5) is 14.9 Å². The van der Waals surface area contributed by atoms with Crippen LogP contribution in [-0.2, 0) is 19.7 Å². The van der Waals surface area contributed by atoms with Crippen LogP contribution in [0.3, 0.4) is 0 Å². The van der Waals surface area contributed by atoms with E-state index in [9.17, 15) is 14.4 Å². The van der Waals surface area contributed by atoms with Crippen LogP contribution in [0.2, 0.25) is 10.0 Å². The summed E-state index contributed by atoms with van der Waals surface area (Å²) >= 11 is 16.1. The molecule has 2 N–H and O–H groups in total. The van der Waals surface area contributed by atoms with Crippen LogP contribution >= 0.6 is 39.1 Å². The summed E-state index contributed by atoms with van der Waals surface area (Å²) in [7, 11) is 0. The number of likely N-dealkylation sites (tertiary alicyclic amines) is 1. The van der Waals surface area contributed by atoms with Crippen molar-refractivity contribution in [2.45, 2.75) is 69.1 Å². The summed E-state index contributed by atoms with van der Waals surface area (Å²) in [4.78, 5) is 42.2. The first-order chi connectivity index (χ1) is 21.8. The van der Waals surface area contributed by atoms with Gasteiger partial charge >= 0.3 is 6.09 Å². The number of hydrogen-bond acceptors (Lipinski definition) is 5. The number of amides is 3. The molecule has 3 aliphatic rings. The van der Waals surface area contributed by atoms with E-state index in [0.717, 1.165) is 0 Å². The molecule has 2 fully saturated rings. The molecule has 0 bridgehead atoms.